The minimum atomic E-state index is -2.82. The molecule has 4 N–H and O–H groups in total. The lowest BCUT2D eigenvalue weighted by Crippen LogP contribution is -2.55. The van der Waals surface area contributed by atoms with Crippen LogP contribution in [0.2, 0.25) is 0 Å². The van der Waals surface area contributed by atoms with Crippen LogP contribution in [-0.4, -0.2) is 29.8 Å². The lowest BCUT2D eigenvalue weighted by Gasteiger charge is -2.45. The molecular formula is C16H22F2N2O4. The highest BCUT2D eigenvalue weighted by Gasteiger charge is 2.55. The van der Waals surface area contributed by atoms with Crippen LogP contribution in [0.25, 0.3) is 0 Å². The summed E-state index contributed by atoms with van der Waals surface area (Å²) in [5.41, 5.74) is 4.37. The van der Waals surface area contributed by atoms with Gasteiger partial charge in [0, 0.05) is 12.8 Å². The predicted molar refractivity (Wildman–Crippen MR) is 84.6 cm³/mol. The van der Waals surface area contributed by atoms with Crippen molar-refractivity contribution in [2.24, 2.45) is 5.73 Å². The average Bonchev–Trinajstić information content (AvgIpc) is 2.36. The first-order chi connectivity index (χ1) is 10.9. The Balaban J connectivity index is 2.31. The number of methoxy groups -OCH3 is 1. The molecule has 0 aliphatic heterocycles. The number of alkyl halides is 2. The summed E-state index contributed by atoms with van der Waals surface area (Å²) in [6.07, 6.45) is -1.82. The summed E-state index contributed by atoms with van der Waals surface area (Å²) in [5.74, 6) is -3.13. The minimum absolute atomic E-state index is 0.0151. The Morgan fingerprint density at radius 2 is 1.92 bits per heavy atom. The number of halogens is 2. The lowest BCUT2D eigenvalue weighted by molar-refractivity contribution is -0.125. The maximum absolute atomic E-state index is 13.2. The molecule has 0 atom stereocenters. The van der Waals surface area contributed by atoms with Crippen molar-refractivity contribution < 1.29 is 28.2 Å². The van der Waals surface area contributed by atoms with Crippen LogP contribution < -0.4 is 15.8 Å². The number of nitrogens with one attached hydrogen (secondary N) is 1. The van der Waals surface area contributed by atoms with E-state index in [1.165, 1.54) is 19.2 Å². The normalized spacial score (nSPS) is 18.5. The van der Waals surface area contributed by atoms with Gasteiger partial charge in [0.15, 0.2) is 11.5 Å². The third-order valence-electron chi connectivity index (χ3n) is 3.65. The van der Waals surface area contributed by atoms with E-state index in [4.69, 9.17) is 15.2 Å². The van der Waals surface area contributed by atoms with Crippen molar-refractivity contribution in [3.8, 4) is 11.5 Å². The number of phenolic OH excluding ortho intramolecular Hbond substituents is 1. The van der Waals surface area contributed by atoms with Crippen molar-refractivity contribution in [3.63, 3.8) is 0 Å². The molecule has 1 aliphatic rings. The third kappa shape index (κ3) is 3.87. The van der Waals surface area contributed by atoms with Crippen LogP contribution in [-0.2, 0) is 10.3 Å². The van der Waals surface area contributed by atoms with E-state index in [9.17, 15) is 18.7 Å². The van der Waals surface area contributed by atoms with E-state index in [0.29, 0.717) is 5.56 Å². The fourth-order valence-electron chi connectivity index (χ4n) is 2.64. The van der Waals surface area contributed by atoms with Crippen molar-refractivity contribution in [2.45, 2.75) is 50.7 Å². The van der Waals surface area contributed by atoms with E-state index in [1.807, 2.05) is 0 Å². The first-order valence-corrected chi connectivity index (χ1v) is 7.43. The fourth-order valence-corrected chi connectivity index (χ4v) is 2.64. The Hall–Kier alpha value is -2.09. The van der Waals surface area contributed by atoms with Gasteiger partial charge in [-0.1, -0.05) is 0 Å². The standard InChI is InChI=1S/C16H22F2N2O4/c1-14(2,3)24-13(22)20-10-5-9(6-11(23-4)12(10)21)15(19)7-16(17,18)8-15/h5-6,21H,7-8,19H2,1-4H3,(H,20,22). The number of carbonyl (C=O) groups excluding carboxylic acids is 1. The van der Waals surface area contributed by atoms with Crippen molar-refractivity contribution in [3.05, 3.63) is 17.7 Å². The van der Waals surface area contributed by atoms with Gasteiger partial charge in [-0.3, -0.25) is 5.32 Å². The molecule has 1 aromatic carbocycles. The lowest BCUT2D eigenvalue weighted by atomic mass is 9.69. The Morgan fingerprint density at radius 3 is 2.38 bits per heavy atom. The molecular weight excluding hydrogens is 322 g/mol. The zero-order valence-electron chi connectivity index (χ0n) is 14.1. The summed E-state index contributed by atoms with van der Waals surface area (Å²) >= 11 is 0. The van der Waals surface area contributed by atoms with Crippen molar-refractivity contribution in [1.29, 1.82) is 0 Å². The second-order valence-electron chi connectivity index (χ2n) is 7.07. The Bertz CT molecular complexity index is 648. The number of aromatic hydroxyl groups is 1. The molecule has 8 heteroatoms. The molecule has 1 saturated carbocycles. The highest BCUT2D eigenvalue weighted by Crippen LogP contribution is 2.52. The number of hydrogen-bond donors (Lipinski definition) is 3. The van der Waals surface area contributed by atoms with Crippen molar-refractivity contribution in [1.82, 2.24) is 0 Å². The number of benzene rings is 1. The van der Waals surface area contributed by atoms with E-state index >= 15 is 0 Å². The molecule has 0 bridgehead atoms. The Labute approximate surface area is 138 Å². The van der Waals surface area contributed by atoms with Crippen molar-refractivity contribution in [2.75, 3.05) is 12.4 Å². The molecule has 1 aromatic rings. The number of hydrogen-bond acceptors (Lipinski definition) is 5. The molecule has 24 heavy (non-hydrogen) atoms. The minimum Gasteiger partial charge on any atom is -0.503 e. The van der Waals surface area contributed by atoms with Gasteiger partial charge >= 0.3 is 6.09 Å². The summed E-state index contributed by atoms with van der Waals surface area (Å²) in [6, 6.07) is 2.75. The largest absolute Gasteiger partial charge is 0.503 e. The van der Waals surface area contributed by atoms with E-state index < -0.39 is 36.0 Å². The van der Waals surface area contributed by atoms with Gasteiger partial charge in [-0.25, -0.2) is 13.6 Å². The first kappa shape index (κ1) is 18.3. The molecule has 134 valence electrons. The molecule has 0 unspecified atom stereocenters. The third-order valence-corrected chi connectivity index (χ3v) is 3.65. The highest BCUT2D eigenvalue weighted by atomic mass is 19.3. The Morgan fingerprint density at radius 1 is 1.33 bits per heavy atom. The molecule has 1 aliphatic carbocycles. The second-order valence-corrected chi connectivity index (χ2v) is 7.07. The fraction of sp³-hybridized carbons (Fsp3) is 0.562. The SMILES string of the molecule is COc1cc(C2(N)CC(F)(F)C2)cc(NC(=O)OC(C)(C)C)c1O. The number of ether oxygens (including phenoxy) is 2. The van der Waals surface area contributed by atoms with Gasteiger partial charge in [-0.15, -0.1) is 0 Å². The van der Waals surface area contributed by atoms with Crippen molar-refractivity contribution >= 4 is 11.8 Å². The molecule has 0 aromatic heterocycles. The first-order valence-electron chi connectivity index (χ1n) is 7.43. The van der Waals surface area contributed by atoms with Crippen LogP contribution in [0, 0.1) is 0 Å². The van der Waals surface area contributed by atoms with Gasteiger partial charge < -0.3 is 20.3 Å². The molecule has 0 radical (unpaired) electrons. The molecule has 1 fully saturated rings. The van der Waals surface area contributed by atoms with Crippen LogP contribution in [0.3, 0.4) is 0 Å². The molecule has 0 spiro atoms. The summed E-state index contributed by atoms with van der Waals surface area (Å²) < 4.78 is 36.6. The van der Waals surface area contributed by atoms with E-state index in [1.54, 1.807) is 20.8 Å². The summed E-state index contributed by atoms with van der Waals surface area (Å²) in [6.45, 7) is 5.07. The zero-order valence-corrected chi connectivity index (χ0v) is 14.1. The maximum Gasteiger partial charge on any atom is 0.412 e. The maximum atomic E-state index is 13.2. The van der Waals surface area contributed by atoms with Crippen LogP contribution in [0.1, 0.15) is 39.2 Å². The van der Waals surface area contributed by atoms with E-state index in [0.717, 1.165) is 0 Å². The van der Waals surface area contributed by atoms with Gasteiger partial charge in [0.05, 0.1) is 18.3 Å². The van der Waals surface area contributed by atoms with Gasteiger partial charge in [0.2, 0.25) is 0 Å². The number of rotatable bonds is 3. The zero-order chi connectivity index (χ0) is 18.3. The number of carbonyl (C=O) groups is 1. The average molecular weight is 344 g/mol. The Kier molecular flexibility index (Phi) is 4.39. The van der Waals surface area contributed by atoms with Crippen LogP contribution in [0.4, 0.5) is 19.3 Å². The highest BCUT2D eigenvalue weighted by molar-refractivity contribution is 5.88. The van der Waals surface area contributed by atoms with E-state index in [-0.39, 0.29) is 17.2 Å². The van der Waals surface area contributed by atoms with Gasteiger partial charge in [-0.05, 0) is 38.5 Å². The smallest absolute Gasteiger partial charge is 0.412 e. The summed E-state index contributed by atoms with van der Waals surface area (Å²) in [7, 11) is 1.31. The quantitative estimate of drug-likeness (QED) is 0.731. The topological polar surface area (TPSA) is 93.8 Å². The number of nitrogens with two attached hydrogens (primary N) is 1. The van der Waals surface area contributed by atoms with Crippen LogP contribution >= 0.6 is 0 Å². The van der Waals surface area contributed by atoms with Crippen LogP contribution in [0.5, 0.6) is 11.5 Å². The summed E-state index contributed by atoms with van der Waals surface area (Å²) in [4.78, 5) is 11.9. The number of phenols is 1. The molecule has 1 amide bonds. The molecule has 6 nitrogen and oxygen atoms in total. The second kappa shape index (κ2) is 5.77. The molecule has 0 heterocycles. The molecule has 2 rings (SSSR count). The monoisotopic (exact) mass is 344 g/mol. The summed E-state index contributed by atoms with van der Waals surface area (Å²) in [5, 5.41) is 12.5. The van der Waals surface area contributed by atoms with Crippen LogP contribution in [0.15, 0.2) is 12.1 Å². The van der Waals surface area contributed by atoms with Gasteiger partial charge in [-0.2, -0.15) is 0 Å². The van der Waals surface area contributed by atoms with Gasteiger partial charge in [0.1, 0.15) is 5.60 Å². The molecule has 0 saturated heterocycles. The number of amides is 1. The number of anilines is 1. The predicted octanol–water partition coefficient (Wildman–Crippen LogP) is 3.33. The van der Waals surface area contributed by atoms with E-state index in [2.05, 4.69) is 5.32 Å². The van der Waals surface area contributed by atoms with Gasteiger partial charge in [0.25, 0.3) is 5.92 Å².